The van der Waals surface area contributed by atoms with Crippen LogP contribution in [-0.2, 0) is 42.1 Å². The van der Waals surface area contributed by atoms with Crippen LogP contribution in [0, 0.1) is 13.8 Å². The maximum absolute atomic E-state index is 13.4. The van der Waals surface area contributed by atoms with E-state index in [0.29, 0.717) is 0 Å². The zero-order valence-corrected chi connectivity index (χ0v) is 26.2. The molecule has 0 aliphatic carbocycles. The molecule has 2 aromatic rings. The van der Waals surface area contributed by atoms with Crippen molar-refractivity contribution in [3.63, 3.8) is 0 Å². The molecule has 2 amide bonds. The van der Waals surface area contributed by atoms with Crippen molar-refractivity contribution in [2.75, 3.05) is 46.7 Å². The van der Waals surface area contributed by atoms with Crippen LogP contribution in [0.2, 0.25) is 0 Å². The molecule has 3 saturated heterocycles. The Morgan fingerprint density at radius 3 is 1.31 bits per heavy atom. The monoisotopic (exact) mass is 616 g/mol. The molecule has 3 fully saturated rings. The predicted octanol–water partition coefficient (Wildman–Crippen LogP) is 1.95. The second kappa shape index (κ2) is 11.7. The van der Waals surface area contributed by atoms with Gasteiger partial charge in [-0.05, 0) is 48.9 Å². The Labute approximate surface area is 248 Å². The van der Waals surface area contributed by atoms with Crippen LogP contribution < -0.4 is 10.6 Å². The van der Waals surface area contributed by atoms with Crippen LogP contribution in [0.15, 0.2) is 36.4 Å². The van der Waals surface area contributed by atoms with Crippen LogP contribution in [0.5, 0.6) is 0 Å². The summed E-state index contributed by atoms with van der Waals surface area (Å²) in [6.07, 6.45) is 1.46. The average Bonchev–Trinajstić information content (AvgIpc) is 3.42. The minimum absolute atomic E-state index is 0.131. The van der Waals surface area contributed by atoms with Gasteiger partial charge < -0.3 is 10.6 Å². The Morgan fingerprint density at radius 2 is 1.00 bits per heavy atom. The van der Waals surface area contributed by atoms with Crippen LogP contribution in [0.4, 0.5) is 11.4 Å². The van der Waals surface area contributed by atoms with Crippen molar-refractivity contribution >= 4 is 42.9 Å². The normalized spacial score (nSPS) is 26.4. The van der Waals surface area contributed by atoms with Crippen molar-refractivity contribution < 1.29 is 26.4 Å². The number of sulfone groups is 2. The van der Waals surface area contributed by atoms with E-state index in [0.717, 1.165) is 46.5 Å². The fourth-order valence-corrected chi connectivity index (χ4v) is 11.0. The zero-order chi connectivity index (χ0) is 30.4. The number of carbonyl (C=O) groups is 2. The fraction of sp³-hybridized carbons (Fsp3) is 0.533. The summed E-state index contributed by atoms with van der Waals surface area (Å²) in [5, 5.41) is 6.02. The topological polar surface area (TPSA) is 133 Å². The molecule has 3 aliphatic rings. The van der Waals surface area contributed by atoms with Crippen molar-refractivity contribution in [2.24, 2.45) is 0 Å². The number of amides is 2. The summed E-state index contributed by atoms with van der Waals surface area (Å²) in [6, 6.07) is 9.19. The summed E-state index contributed by atoms with van der Waals surface area (Å²) < 4.78 is 51.9. The molecule has 4 atom stereocenters. The third kappa shape index (κ3) is 6.13. The average molecular weight is 617 g/mol. The molecular weight excluding hydrogens is 576 g/mol. The van der Waals surface area contributed by atoms with E-state index in [1.54, 1.807) is 9.80 Å². The lowest BCUT2D eigenvalue weighted by atomic mass is 9.94. The zero-order valence-electron chi connectivity index (χ0n) is 24.6. The molecule has 3 heterocycles. The third-order valence-corrected chi connectivity index (χ3v) is 12.3. The van der Waals surface area contributed by atoms with Gasteiger partial charge in [0.1, 0.15) is 0 Å². The molecule has 42 heavy (non-hydrogen) atoms. The van der Waals surface area contributed by atoms with Crippen LogP contribution in [0.1, 0.15) is 36.1 Å². The van der Waals surface area contributed by atoms with Gasteiger partial charge >= 0.3 is 0 Å². The van der Waals surface area contributed by atoms with E-state index in [1.165, 1.54) is 0 Å². The molecule has 10 nitrogen and oxygen atoms in total. The lowest BCUT2D eigenvalue weighted by Gasteiger charge is -2.50. The number of para-hydroxylation sites is 2. The SMILES string of the molecule is CCc1cccc(C)c1NC(=O)CN1C2CS(=O)(=O)CC2N(CC(=O)Nc2c(C)cccc2CC)C2CS(=O)(=O)CC21. The number of anilines is 2. The second-order valence-corrected chi connectivity index (χ2v) is 16.1. The van der Waals surface area contributed by atoms with Gasteiger partial charge in [0, 0.05) is 35.5 Å². The first-order chi connectivity index (χ1) is 19.8. The molecule has 5 rings (SSSR count). The molecule has 4 unspecified atom stereocenters. The molecule has 0 aromatic heterocycles. The molecule has 2 N–H and O–H groups in total. The van der Waals surface area contributed by atoms with Gasteiger partial charge in [-0.2, -0.15) is 0 Å². The fourth-order valence-electron chi connectivity index (χ4n) is 6.94. The third-order valence-electron chi connectivity index (χ3n) is 8.95. The number of piperazine rings is 1. The molecule has 228 valence electrons. The van der Waals surface area contributed by atoms with E-state index in [1.807, 2.05) is 64.1 Å². The van der Waals surface area contributed by atoms with Crippen molar-refractivity contribution in [3.05, 3.63) is 58.7 Å². The number of rotatable bonds is 8. The minimum Gasteiger partial charge on any atom is -0.324 e. The Kier molecular flexibility index (Phi) is 8.54. The summed E-state index contributed by atoms with van der Waals surface area (Å²) in [5.74, 6) is -1.38. The summed E-state index contributed by atoms with van der Waals surface area (Å²) >= 11 is 0. The van der Waals surface area contributed by atoms with Crippen LogP contribution in [0.25, 0.3) is 0 Å². The number of fused-ring (bicyclic) bond motifs is 2. The van der Waals surface area contributed by atoms with Gasteiger partial charge in [-0.3, -0.25) is 19.4 Å². The molecule has 2 aromatic carbocycles. The molecule has 0 bridgehead atoms. The highest BCUT2D eigenvalue weighted by Crippen LogP contribution is 2.37. The maximum atomic E-state index is 13.4. The lowest BCUT2D eigenvalue weighted by molar-refractivity contribution is -0.125. The van der Waals surface area contributed by atoms with Gasteiger partial charge in [0.25, 0.3) is 0 Å². The molecule has 0 spiro atoms. The highest BCUT2D eigenvalue weighted by atomic mass is 32.2. The smallest absolute Gasteiger partial charge is 0.238 e. The predicted molar refractivity (Wildman–Crippen MR) is 164 cm³/mol. The van der Waals surface area contributed by atoms with Crippen LogP contribution >= 0.6 is 0 Å². The number of carbonyl (C=O) groups excluding carboxylic acids is 2. The summed E-state index contributed by atoms with van der Waals surface area (Å²) in [6.45, 7) is 7.58. The molecule has 0 saturated carbocycles. The number of nitrogens with zero attached hydrogens (tertiary/aromatic N) is 2. The Morgan fingerprint density at radius 1 is 0.667 bits per heavy atom. The lowest BCUT2D eigenvalue weighted by Crippen LogP contribution is -2.69. The van der Waals surface area contributed by atoms with E-state index < -0.39 is 43.8 Å². The first-order valence-corrected chi connectivity index (χ1v) is 18.2. The highest BCUT2D eigenvalue weighted by Gasteiger charge is 2.58. The summed E-state index contributed by atoms with van der Waals surface area (Å²) in [4.78, 5) is 30.4. The summed E-state index contributed by atoms with van der Waals surface area (Å²) in [7, 11) is -6.95. The molecule has 3 aliphatic heterocycles. The first kappa shape index (κ1) is 30.7. The van der Waals surface area contributed by atoms with E-state index in [9.17, 15) is 26.4 Å². The van der Waals surface area contributed by atoms with Gasteiger partial charge in [-0.15, -0.1) is 0 Å². The Hall–Kier alpha value is -2.80. The minimum atomic E-state index is -3.47. The summed E-state index contributed by atoms with van der Waals surface area (Å²) in [5.41, 5.74) is 5.27. The number of aryl methyl sites for hydroxylation is 4. The van der Waals surface area contributed by atoms with Crippen LogP contribution in [-0.4, -0.2) is 98.7 Å². The van der Waals surface area contributed by atoms with E-state index >= 15 is 0 Å². The standard InChI is InChI=1S/C30H40N4O6S2/c1-5-21-11-7-9-19(3)29(21)31-27(35)13-33-23-15-41(37,38)17-25(23)34(26-18-42(39,40)16-24(26)33)14-28(36)32-30-20(4)10-8-12-22(30)6-2/h7-12,23-26H,5-6,13-18H2,1-4H3,(H,31,35)(H,32,36). The number of hydrogen-bond donors (Lipinski definition) is 2. The Balaban J connectivity index is 1.43. The van der Waals surface area contributed by atoms with Gasteiger partial charge in [0.15, 0.2) is 19.7 Å². The maximum Gasteiger partial charge on any atom is 0.238 e. The van der Waals surface area contributed by atoms with E-state index in [2.05, 4.69) is 10.6 Å². The van der Waals surface area contributed by atoms with Crippen LogP contribution in [0.3, 0.4) is 0 Å². The number of nitrogens with one attached hydrogen (secondary N) is 2. The Bertz CT molecular complexity index is 1450. The highest BCUT2D eigenvalue weighted by molar-refractivity contribution is 7.92. The van der Waals surface area contributed by atoms with Crippen molar-refractivity contribution in [3.8, 4) is 0 Å². The quantitative estimate of drug-likeness (QED) is 0.460. The second-order valence-electron chi connectivity index (χ2n) is 11.8. The van der Waals surface area contributed by atoms with Gasteiger partial charge in [-0.25, -0.2) is 16.8 Å². The van der Waals surface area contributed by atoms with Crippen molar-refractivity contribution in [1.29, 1.82) is 0 Å². The van der Waals surface area contributed by atoms with Gasteiger partial charge in [0.2, 0.25) is 11.8 Å². The van der Waals surface area contributed by atoms with E-state index in [-0.39, 0.29) is 47.9 Å². The first-order valence-electron chi connectivity index (χ1n) is 14.5. The van der Waals surface area contributed by atoms with Gasteiger partial charge in [0.05, 0.1) is 36.1 Å². The molecule has 0 radical (unpaired) electrons. The molecular formula is C30H40N4O6S2. The number of hydrogen-bond acceptors (Lipinski definition) is 8. The van der Waals surface area contributed by atoms with Crippen molar-refractivity contribution in [2.45, 2.75) is 64.7 Å². The molecule has 12 heteroatoms. The van der Waals surface area contributed by atoms with Crippen molar-refractivity contribution in [1.82, 2.24) is 9.80 Å². The number of benzene rings is 2. The van der Waals surface area contributed by atoms with Gasteiger partial charge in [-0.1, -0.05) is 50.2 Å². The largest absolute Gasteiger partial charge is 0.324 e. The van der Waals surface area contributed by atoms with E-state index in [4.69, 9.17) is 0 Å².